The smallest absolute Gasteiger partial charge is 0.0850 e. The summed E-state index contributed by atoms with van der Waals surface area (Å²) in [5.41, 5.74) is 1.96. The van der Waals surface area contributed by atoms with E-state index in [1.807, 2.05) is 4.68 Å². The maximum absolute atomic E-state index is 10.4. The van der Waals surface area contributed by atoms with E-state index in [2.05, 4.69) is 18.9 Å². The number of aromatic nitrogens is 2. The van der Waals surface area contributed by atoms with Crippen LogP contribution in [0.25, 0.3) is 0 Å². The highest BCUT2D eigenvalue weighted by molar-refractivity contribution is 6.31. The van der Waals surface area contributed by atoms with Crippen LogP contribution in [0.1, 0.15) is 70.2 Å². The molecule has 1 fully saturated rings. The van der Waals surface area contributed by atoms with Crippen LogP contribution in [0.2, 0.25) is 5.02 Å². The predicted octanol–water partition coefficient (Wildman–Crippen LogP) is 4.38. The van der Waals surface area contributed by atoms with Gasteiger partial charge in [0.2, 0.25) is 0 Å². The summed E-state index contributed by atoms with van der Waals surface area (Å²) in [6, 6.07) is 0. The Balaban J connectivity index is 1.89. The van der Waals surface area contributed by atoms with E-state index in [0.717, 1.165) is 48.1 Å². The Morgan fingerprint density at radius 1 is 1.29 bits per heavy atom. The highest BCUT2D eigenvalue weighted by atomic mass is 35.5. The fourth-order valence-electron chi connectivity index (χ4n) is 3.44. The Kier molecular flexibility index (Phi) is 6.56. The lowest BCUT2D eigenvalue weighted by Gasteiger charge is -2.22. The summed E-state index contributed by atoms with van der Waals surface area (Å²) >= 11 is 6.41. The average molecular weight is 313 g/mol. The molecule has 2 rings (SSSR count). The molecule has 0 aromatic carbocycles. The van der Waals surface area contributed by atoms with Crippen molar-refractivity contribution in [1.82, 2.24) is 9.78 Å². The van der Waals surface area contributed by atoms with Crippen LogP contribution in [-0.4, -0.2) is 21.0 Å². The molecule has 0 saturated heterocycles. The minimum atomic E-state index is -0.295. The van der Waals surface area contributed by atoms with Gasteiger partial charge in [0.1, 0.15) is 0 Å². The van der Waals surface area contributed by atoms with Gasteiger partial charge >= 0.3 is 0 Å². The zero-order valence-corrected chi connectivity index (χ0v) is 14.2. The third-order valence-corrected chi connectivity index (χ3v) is 5.19. The molecule has 1 aromatic rings. The van der Waals surface area contributed by atoms with Gasteiger partial charge in [0.05, 0.1) is 22.5 Å². The van der Waals surface area contributed by atoms with E-state index in [4.69, 9.17) is 11.6 Å². The molecule has 1 aliphatic carbocycles. The van der Waals surface area contributed by atoms with E-state index >= 15 is 0 Å². The van der Waals surface area contributed by atoms with Crippen LogP contribution in [0.4, 0.5) is 0 Å². The van der Waals surface area contributed by atoms with Crippen molar-refractivity contribution in [3.05, 3.63) is 16.4 Å². The van der Waals surface area contributed by atoms with Crippen molar-refractivity contribution in [2.45, 2.75) is 84.3 Å². The fraction of sp³-hybridized carbons (Fsp3) is 0.824. The molecule has 21 heavy (non-hydrogen) atoms. The van der Waals surface area contributed by atoms with Gasteiger partial charge in [-0.1, -0.05) is 50.6 Å². The lowest BCUT2D eigenvalue weighted by molar-refractivity contribution is 0.147. The first-order valence-electron chi connectivity index (χ1n) is 8.57. The normalized spacial score (nSPS) is 18.1. The van der Waals surface area contributed by atoms with Crippen molar-refractivity contribution in [2.24, 2.45) is 5.92 Å². The Morgan fingerprint density at radius 3 is 2.62 bits per heavy atom. The van der Waals surface area contributed by atoms with E-state index < -0.39 is 0 Å². The van der Waals surface area contributed by atoms with Crippen molar-refractivity contribution in [3.63, 3.8) is 0 Å². The van der Waals surface area contributed by atoms with Crippen LogP contribution >= 0.6 is 11.6 Å². The van der Waals surface area contributed by atoms with Gasteiger partial charge in [-0.15, -0.1) is 0 Å². The molecule has 1 heterocycles. The minimum Gasteiger partial charge on any atom is -0.393 e. The van der Waals surface area contributed by atoms with Crippen molar-refractivity contribution in [3.8, 4) is 0 Å². The molecule has 0 aliphatic heterocycles. The summed E-state index contributed by atoms with van der Waals surface area (Å²) in [6.07, 6.45) is 10.0. The molecule has 4 heteroatoms. The van der Waals surface area contributed by atoms with Gasteiger partial charge < -0.3 is 5.11 Å². The van der Waals surface area contributed by atoms with E-state index in [9.17, 15) is 5.11 Å². The van der Waals surface area contributed by atoms with E-state index in [1.165, 1.54) is 32.1 Å². The Bertz CT molecular complexity index is 438. The highest BCUT2D eigenvalue weighted by Gasteiger charge is 2.19. The van der Waals surface area contributed by atoms with Gasteiger partial charge in [0.15, 0.2) is 0 Å². The number of rotatable bonds is 7. The molecular formula is C17H29ClN2O. The van der Waals surface area contributed by atoms with Gasteiger partial charge in [-0.3, -0.25) is 4.68 Å². The van der Waals surface area contributed by atoms with Crippen LogP contribution in [-0.2, 0) is 19.4 Å². The summed E-state index contributed by atoms with van der Waals surface area (Å²) in [4.78, 5) is 0. The summed E-state index contributed by atoms with van der Waals surface area (Å²) in [5.74, 6) is 0.825. The minimum absolute atomic E-state index is 0.295. The average Bonchev–Trinajstić information content (AvgIpc) is 2.82. The van der Waals surface area contributed by atoms with Crippen LogP contribution in [0.15, 0.2) is 0 Å². The lowest BCUT2D eigenvalue weighted by atomic mass is 9.85. The van der Waals surface area contributed by atoms with Crippen molar-refractivity contribution in [2.75, 3.05) is 0 Å². The van der Waals surface area contributed by atoms with Crippen LogP contribution in [0.5, 0.6) is 0 Å². The molecule has 0 amide bonds. The fourth-order valence-corrected chi connectivity index (χ4v) is 3.79. The van der Waals surface area contributed by atoms with Crippen LogP contribution in [0, 0.1) is 5.92 Å². The quantitative estimate of drug-likeness (QED) is 0.811. The van der Waals surface area contributed by atoms with Crippen LogP contribution in [0.3, 0.4) is 0 Å². The molecular weight excluding hydrogens is 284 g/mol. The standard InChI is InChI=1S/C17H29ClN2O/c1-3-15-17(18)16(20(4-2)19-15)12-14(21)11-10-13-8-6-5-7-9-13/h13-14,21H,3-12H2,1-2H3. The highest BCUT2D eigenvalue weighted by Crippen LogP contribution is 2.29. The van der Waals surface area contributed by atoms with Crippen molar-refractivity contribution in [1.29, 1.82) is 0 Å². The molecule has 1 N–H and O–H groups in total. The van der Waals surface area contributed by atoms with E-state index in [1.54, 1.807) is 0 Å². The number of hydrogen-bond donors (Lipinski definition) is 1. The number of aliphatic hydroxyl groups is 1. The molecule has 1 aliphatic rings. The molecule has 1 saturated carbocycles. The third-order valence-electron chi connectivity index (χ3n) is 4.76. The van der Waals surface area contributed by atoms with Crippen molar-refractivity contribution < 1.29 is 5.11 Å². The number of aryl methyl sites for hydroxylation is 2. The van der Waals surface area contributed by atoms with E-state index in [-0.39, 0.29) is 6.10 Å². The second-order valence-electron chi connectivity index (χ2n) is 6.32. The molecule has 1 unspecified atom stereocenters. The summed E-state index contributed by atoms with van der Waals surface area (Å²) < 4.78 is 1.95. The molecule has 0 radical (unpaired) electrons. The summed E-state index contributed by atoms with van der Waals surface area (Å²) in [7, 11) is 0. The van der Waals surface area contributed by atoms with Gasteiger partial charge in [0.25, 0.3) is 0 Å². The van der Waals surface area contributed by atoms with Gasteiger partial charge in [-0.25, -0.2) is 0 Å². The zero-order chi connectivity index (χ0) is 15.2. The lowest BCUT2D eigenvalue weighted by Crippen LogP contribution is -2.17. The Morgan fingerprint density at radius 2 is 2.00 bits per heavy atom. The SMILES string of the molecule is CCc1nn(CC)c(CC(O)CCC2CCCCC2)c1Cl. The molecule has 120 valence electrons. The summed E-state index contributed by atoms with van der Waals surface area (Å²) in [5, 5.41) is 15.6. The maximum Gasteiger partial charge on any atom is 0.0850 e. The Labute approximate surface area is 133 Å². The second kappa shape index (κ2) is 8.19. The van der Waals surface area contributed by atoms with Gasteiger partial charge in [-0.2, -0.15) is 5.10 Å². The molecule has 3 nitrogen and oxygen atoms in total. The monoisotopic (exact) mass is 312 g/mol. The third kappa shape index (κ3) is 4.46. The molecule has 0 bridgehead atoms. The number of nitrogens with zero attached hydrogens (tertiary/aromatic N) is 2. The first-order chi connectivity index (χ1) is 10.2. The topological polar surface area (TPSA) is 38.0 Å². The number of aliphatic hydroxyl groups excluding tert-OH is 1. The van der Waals surface area contributed by atoms with E-state index in [0.29, 0.717) is 6.42 Å². The largest absolute Gasteiger partial charge is 0.393 e. The molecule has 1 aromatic heterocycles. The first-order valence-corrected chi connectivity index (χ1v) is 8.95. The molecule has 1 atom stereocenters. The first kappa shape index (κ1) is 16.8. The maximum atomic E-state index is 10.4. The Hall–Kier alpha value is -0.540. The van der Waals surface area contributed by atoms with Gasteiger partial charge in [0, 0.05) is 13.0 Å². The molecule has 0 spiro atoms. The van der Waals surface area contributed by atoms with Gasteiger partial charge in [-0.05, 0) is 32.1 Å². The second-order valence-corrected chi connectivity index (χ2v) is 6.69. The zero-order valence-electron chi connectivity index (χ0n) is 13.4. The summed E-state index contributed by atoms with van der Waals surface area (Å²) in [6.45, 7) is 4.95. The van der Waals surface area contributed by atoms with Crippen molar-refractivity contribution >= 4 is 11.6 Å². The predicted molar refractivity (Wildman–Crippen MR) is 87.8 cm³/mol. The number of halogens is 1. The van der Waals surface area contributed by atoms with Crippen LogP contribution < -0.4 is 0 Å². The number of hydrogen-bond acceptors (Lipinski definition) is 2.